The Morgan fingerprint density at radius 1 is 1.37 bits per heavy atom. The van der Waals surface area contributed by atoms with Gasteiger partial charge >= 0.3 is 0 Å². The molecule has 1 aliphatic rings. The molecule has 1 fully saturated rings. The number of aryl methyl sites for hydroxylation is 1. The highest BCUT2D eigenvalue weighted by molar-refractivity contribution is 5.29. The molecule has 0 heterocycles. The van der Waals surface area contributed by atoms with Gasteiger partial charge in [0.2, 0.25) is 0 Å². The average Bonchev–Trinajstić information content (AvgIpc) is 3.22. The van der Waals surface area contributed by atoms with Gasteiger partial charge in [0.1, 0.15) is 0 Å². The average molecular weight is 262 g/mol. The number of hydrogen-bond acceptors (Lipinski definition) is 3. The van der Waals surface area contributed by atoms with Crippen LogP contribution in [0.2, 0.25) is 0 Å². The maximum absolute atomic E-state index is 5.95. The molecule has 0 aromatic heterocycles. The van der Waals surface area contributed by atoms with Crippen molar-refractivity contribution < 1.29 is 4.74 Å². The predicted octanol–water partition coefficient (Wildman–Crippen LogP) is 2.35. The highest BCUT2D eigenvalue weighted by atomic mass is 16.5. The van der Waals surface area contributed by atoms with Crippen molar-refractivity contribution in [2.24, 2.45) is 11.7 Å². The van der Waals surface area contributed by atoms with Crippen LogP contribution in [0.5, 0.6) is 0 Å². The van der Waals surface area contributed by atoms with Crippen molar-refractivity contribution >= 4 is 0 Å². The van der Waals surface area contributed by atoms with E-state index in [0.717, 1.165) is 25.7 Å². The molecule has 0 amide bonds. The minimum Gasteiger partial charge on any atom is -0.380 e. The van der Waals surface area contributed by atoms with Crippen molar-refractivity contribution in [2.45, 2.75) is 25.8 Å². The summed E-state index contributed by atoms with van der Waals surface area (Å²) >= 11 is 0. The maximum atomic E-state index is 5.95. The Hall–Kier alpha value is -0.900. The molecule has 1 saturated carbocycles. The fourth-order valence-corrected chi connectivity index (χ4v) is 2.40. The Labute approximate surface area is 116 Å². The van der Waals surface area contributed by atoms with Crippen LogP contribution >= 0.6 is 0 Å². The molecule has 19 heavy (non-hydrogen) atoms. The molecule has 0 spiro atoms. The van der Waals surface area contributed by atoms with Gasteiger partial charge in [-0.3, -0.25) is 4.90 Å². The second-order valence-corrected chi connectivity index (χ2v) is 5.61. The minimum absolute atomic E-state index is 0.283. The summed E-state index contributed by atoms with van der Waals surface area (Å²) in [6.07, 6.45) is 2.70. The fourth-order valence-electron chi connectivity index (χ4n) is 2.40. The lowest BCUT2D eigenvalue weighted by molar-refractivity contribution is 0.0922. The summed E-state index contributed by atoms with van der Waals surface area (Å²) in [4.78, 5) is 2.30. The van der Waals surface area contributed by atoms with Gasteiger partial charge in [0, 0.05) is 25.7 Å². The van der Waals surface area contributed by atoms with Gasteiger partial charge in [-0.25, -0.2) is 0 Å². The predicted molar refractivity (Wildman–Crippen MR) is 79.1 cm³/mol. The first-order chi connectivity index (χ1) is 9.22. The highest BCUT2D eigenvalue weighted by Gasteiger charge is 2.21. The molecular weight excluding hydrogens is 236 g/mol. The molecule has 3 nitrogen and oxygen atoms in total. The fraction of sp³-hybridized carbons (Fsp3) is 0.625. The van der Waals surface area contributed by atoms with E-state index in [1.807, 2.05) is 0 Å². The van der Waals surface area contributed by atoms with Crippen LogP contribution in [0.25, 0.3) is 0 Å². The van der Waals surface area contributed by atoms with Crippen molar-refractivity contribution in [1.29, 1.82) is 0 Å². The van der Waals surface area contributed by atoms with E-state index in [1.54, 1.807) is 0 Å². The lowest BCUT2D eigenvalue weighted by atomic mass is 10.0. The van der Waals surface area contributed by atoms with Crippen molar-refractivity contribution in [3.05, 3.63) is 35.4 Å². The first kappa shape index (κ1) is 14.5. The third-order valence-electron chi connectivity index (χ3n) is 3.94. The van der Waals surface area contributed by atoms with Crippen molar-refractivity contribution in [3.8, 4) is 0 Å². The van der Waals surface area contributed by atoms with E-state index < -0.39 is 0 Å². The Balaban J connectivity index is 1.83. The Bertz CT molecular complexity index is 390. The lowest BCUT2D eigenvalue weighted by Gasteiger charge is -2.28. The van der Waals surface area contributed by atoms with Gasteiger partial charge in [-0.05, 0) is 43.9 Å². The molecule has 1 aromatic carbocycles. The van der Waals surface area contributed by atoms with E-state index in [1.165, 1.54) is 24.0 Å². The van der Waals surface area contributed by atoms with E-state index in [2.05, 4.69) is 43.1 Å². The highest BCUT2D eigenvalue weighted by Crippen LogP contribution is 2.28. The molecule has 0 radical (unpaired) electrons. The number of benzene rings is 1. The number of nitrogens with two attached hydrogens (primary N) is 1. The molecule has 2 N–H and O–H groups in total. The topological polar surface area (TPSA) is 38.5 Å². The van der Waals surface area contributed by atoms with Crippen LogP contribution in [0.1, 0.15) is 30.0 Å². The molecule has 1 atom stereocenters. The van der Waals surface area contributed by atoms with Crippen LogP contribution < -0.4 is 5.73 Å². The number of rotatable bonds is 8. The SMILES string of the molecule is Cc1ccccc1C(CN)N(C)CCOCC1CC1. The number of likely N-dealkylation sites (N-methyl/N-ethyl adjacent to an activating group) is 1. The molecule has 3 heteroatoms. The Morgan fingerprint density at radius 3 is 2.74 bits per heavy atom. The van der Waals surface area contributed by atoms with Crippen molar-refractivity contribution in [2.75, 3.05) is 33.4 Å². The first-order valence-corrected chi connectivity index (χ1v) is 7.26. The van der Waals surface area contributed by atoms with E-state index in [0.29, 0.717) is 6.54 Å². The van der Waals surface area contributed by atoms with Gasteiger partial charge in [0.15, 0.2) is 0 Å². The van der Waals surface area contributed by atoms with Gasteiger partial charge in [-0.2, -0.15) is 0 Å². The van der Waals surface area contributed by atoms with Gasteiger partial charge in [0.05, 0.1) is 6.61 Å². The third kappa shape index (κ3) is 4.30. The van der Waals surface area contributed by atoms with Crippen LogP contribution in [0, 0.1) is 12.8 Å². The zero-order chi connectivity index (χ0) is 13.7. The van der Waals surface area contributed by atoms with Gasteiger partial charge in [-0.1, -0.05) is 24.3 Å². The zero-order valence-electron chi connectivity index (χ0n) is 12.1. The van der Waals surface area contributed by atoms with Crippen LogP contribution in [-0.2, 0) is 4.74 Å². The molecule has 106 valence electrons. The van der Waals surface area contributed by atoms with Crippen LogP contribution in [0.3, 0.4) is 0 Å². The molecule has 1 aromatic rings. The van der Waals surface area contributed by atoms with Crippen LogP contribution in [0.15, 0.2) is 24.3 Å². The quantitative estimate of drug-likeness (QED) is 0.731. The normalized spacial score (nSPS) is 16.8. The summed E-state index contributed by atoms with van der Waals surface area (Å²) in [6.45, 7) is 5.46. The molecule has 0 aliphatic heterocycles. The summed E-state index contributed by atoms with van der Waals surface area (Å²) in [5.74, 6) is 0.840. The second kappa shape index (κ2) is 7.04. The van der Waals surface area contributed by atoms with Gasteiger partial charge in [0.25, 0.3) is 0 Å². The van der Waals surface area contributed by atoms with Crippen LogP contribution in [-0.4, -0.2) is 38.3 Å². The van der Waals surface area contributed by atoms with Crippen molar-refractivity contribution in [1.82, 2.24) is 4.90 Å². The summed E-state index contributed by atoms with van der Waals surface area (Å²) in [6, 6.07) is 8.77. The second-order valence-electron chi connectivity index (χ2n) is 5.61. The summed E-state index contributed by atoms with van der Waals surface area (Å²) in [5, 5.41) is 0. The molecule has 0 bridgehead atoms. The molecule has 1 unspecified atom stereocenters. The monoisotopic (exact) mass is 262 g/mol. The van der Waals surface area contributed by atoms with Crippen LogP contribution in [0.4, 0.5) is 0 Å². The largest absolute Gasteiger partial charge is 0.380 e. The lowest BCUT2D eigenvalue weighted by Crippen LogP contribution is -2.33. The van der Waals surface area contributed by atoms with E-state index in [9.17, 15) is 0 Å². The van der Waals surface area contributed by atoms with Gasteiger partial charge in [-0.15, -0.1) is 0 Å². The molecule has 1 aliphatic carbocycles. The summed E-state index contributed by atoms with van der Waals surface area (Å²) in [5.41, 5.74) is 8.59. The molecule has 0 saturated heterocycles. The summed E-state index contributed by atoms with van der Waals surface area (Å²) < 4.78 is 5.71. The zero-order valence-corrected chi connectivity index (χ0v) is 12.1. The van der Waals surface area contributed by atoms with E-state index in [-0.39, 0.29) is 6.04 Å². The summed E-state index contributed by atoms with van der Waals surface area (Å²) in [7, 11) is 2.13. The Kier molecular flexibility index (Phi) is 5.37. The third-order valence-corrected chi connectivity index (χ3v) is 3.94. The number of hydrogen-bond donors (Lipinski definition) is 1. The van der Waals surface area contributed by atoms with E-state index in [4.69, 9.17) is 10.5 Å². The standard InChI is InChI=1S/C16H26N2O/c1-13-5-3-4-6-15(13)16(11-17)18(2)9-10-19-12-14-7-8-14/h3-6,14,16H,7-12,17H2,1-2H3. The van der Waals surface area contributed by atoms with Gasteiger partial charge < -0.3 is 10.5 Å². The van der Waals surface area contributed by atoms with Crippen molar-refractivity contribution in [3.63, 3.8) is 0 Å². The number of nitrogens with zero attached hydrogens (tertiary/aromatic N) is 1. The van der Waals surface area contributed by atoms with E-state index >= 15 is 0 Å². The number of ether oxygens (including phenoxy) is 1. The molecular formula is C16H26N2O. The maximum Gasteiger partial charge on any atom is 0.0593 e. The smallest absolute Gasteiger partial charge is 0.0593 e. The molecule has 2 rings (SSSR count). The Morgan fingerprint density at radius 2 is 2.11 bits per heavy atom. The minimum atomic E-state index is 0.283. The first-order valence-electron chi connectivity index (χ1n) is 7.26.